The Morgan fingerprint density at radius 1 is 1.03 bits per heavy atom. The molecule has 4 N–H and O–H groups in total. The van der Waals surface area contributed by atoms with Crippen molar-refractivity contribution in [1.29, 1.82) is 0 Å². The summed E-state index contributed by atoms with van der Waals surface area (Å²) in [5, 5.41) is 22.7. The van der Waals surface area contributed by atoms with Gasteiger partial charge in [0.05, 0.1) is 5.56 Å². The molecule has 0 fully saturated rings. The summed E-state index contributed by atoms with van der Waals surface area (Å²) >= 11 is 0. The summed E-state index contributed by atoms with van der Waals surface area (Å²) in [5.74, 6) is 0.234. The molecule has 0 saturated carbocycles. The second-order valence-electron chi connectivity index (χ2n) is 8.91. The number of aromatic nitrogens is 4. The van der Waals surface area contributed by atoms with Crippen LogP contribution in [0.2, 0.25) is 0 Å². The lowest BCUT2D eigenvalue weighted by atomic mass is 10.1. The number of amides is 1. The van der Waals surface area contributed by atoms with Gasteiger partial charge in [-0.05, 0) is 49.1 Å². The Morgan fingerprint density at radius 3 is 2.42 bits per heavy atom. The van der Waals surface area contributed by atoms with E-state index in [2.05, 4.69) is 15.3 Å². The number of phenolic OH excluding ortho intramolecular Hbond substituents is 2. The summed E-state index contributed by atoms with van der Waals surface area (Å²) in [5.41, 5.74) is 0.889. The average molecular weight is 522 g/mol. The van der Waals surface area contributed by atoms with E-state index in [1.54, 1.807) is 36.4 Å². The number of ether oxygens (including phenoxy) is 1. The molecule has 1 amide bonds. The van der Waals surface area contributed by atoms with Gasteiger partial charge in [0.2, 0.25) is 0 Å². The van der Waals surface area contributed by atoms with Crippen LogP contribution in [0.15, 0.2) is 52.1 Å². The molecule has 0 aliphatic rings. The number of nitrogens with one attached hydrogen (secondary N) is 2. The average Bonchev–Trinajstić information content (AvgIpc) is 3.34. The predicted molar refractivity (Wildman–Crippen MR) is 143 cm³/mol. The van der Waals surface area contributed by atoms with Crippen molar-refractivity contribution in [3.05, 3.63) is 68.9 Å². The topological polar surface area (TPSA) is 151 Å². The molecule has 4 rings (SSSR count). The fraction of sp³-hybridized carbons (Fsp3) is 0.333. The van der Waals surface area contributed by atoms with E-state index in [0.717, 1.165) is 5.56 Å². The zero-order valence-electron chi connectivity index (χ0n) is 21.4. The van der Waals surface area contributed by atoms with Crippen LogP contribution in [0.5, 0.6) is 17.2 Å². The number of benzene rings is 2. The molecule has 0 spiro atoms. The molecule has 0 radical (unpaired) electrons. The number of rotatable bonds is 11. The van der Waals surface area contributed by atoms with Crippen molar-refractivity contribution < 1.29 is 19.7 Å². The van der Waals surface area contributed by atoms with Gasteiger partial charge in [0, 0.05) is 25.7 Å². The van der Waals surface area contributed by atoms with Crippen molar-refractivity contribution in [1.82, 2.24) is 24.4 Å². The first-order chi connectivity index (χ1) is 18.3. The Kier molecular flexibility index (Phi) is 8.15. The molecule has 11 nitrogen and oxygen atoms in total. The van der Waals surface area contributed by atoms with Gasteiger partial charge in [-0.25, -0.2) is 9.78 Å². The molecule has 4 aromatic rings. The molecule has 2 aromatic carbocycles. The molecule has 200 valence electrons. The van der Waals surface area contributed by atoms with Crippen molar-refractivity contribution in [2.24, 2.45) is 0 Å². The van der Waals surface area contributed by atoms with Gasteiger partial charge >= 0.3 is 5.69 Å². The third-order valence-corrected chi connectivity index (χ3v) is 6.02. The van der Waals surface area contributed by atoms with Gasteiger partial charge in [0.25, 0.3) is 11.5 Å². The highest BCUT2D eigenvalue weighted by Gasteiger charge is 2.19. The molecular weight excluding hydrogens is 490 g/mol. The maximum absolute atomic E-state index is 12.9. The van der Waals surface area contributed by atoms with E-state index >= 15 is 0 Å². The van der Waals surface area contributed by atoms with Crippen LogP contribution in [0.25, 0.3) is 22.6 Å². The summed E-state index contributed by atoms with van der Waals surface area (Å²) in [6.45, 7) is 4.70. The molecule has 38 heavy (non-hydrogen) atoms. The largest absolute Gasteiger partial charge is 0.508 e. The molecule has 11 heteroatoms. The molecule has 0 bridgehead atoms. The van der Waals surface area contributed by atoms with Crippen LogP contribution in [0.1, 0.15) is 32.3 Å². The molecule has 0 unspecified atom stereocenters. The van der Waals surface area contributed by atoms with Crippen LogP contribution in [0.4, 0.5) is 0 Å². The van der Waals surface area contributed by atoms with Gasteiger partial charge < -0.3 is 25.3 Å². The molecule has 0 aliphatic carbocycles. The summed E-state index contributed by atoms with van der Waals surface area (Å²) < 4.78 is 8.19. The van der Waals surface area contributed by atoms with Crippen molar-refractivity contribution in [2.75, 3.05) is 13.2 Å². The van der Waals surface area contributed by atoms with Crippen molar-refractivity contribution in [2.45, 2.75) is 46.2 Å². The van der Waals surface area contributed by atoms with E-state index in [9.17, 15) is 24.6 Å². The zero-order chi connectivity index (χ0) is 27.2. The number of aromatic amines is 1. The molecule has 2 aromatic heterocycles. The maximum Gasteiger partial charge on any atom is 0.332 e. The van der Waals surface area contributed by atoms with Gasteiger partial charge in [-0.2, -0.15) is 0 Å². The number of phenols is 2. The molecule has 0 aliphatic heterocycles. The Hall–Kier alpha value is -4.54. The first-order valence-electron chi connectivity index (χ1n) is 12.6. The van der Waals surface area contributed by atoms with Crippen LogP contribution in [0, 0.1) is 0 Å². The van der Waals surface area contributed by atoms with Crippen LogP contribution in [0.3, 0.4) is 0 Å². The number of aromatic hydroxyl groups is 2. The SMILES string of the molecule is CCCn1c(=O)c2[nH]c(-c3ccc(OCC(=O)NCCc4ccc(O)cc4)cc3O)nc2n(CCC)c1=O. The highest BCUT2D eigenvalue weighted by atomic mass is 16.5. The van der Waals surface area contributed by atoms with E-state index in [1.165, 1.54) is 15.2 Å². The summed E-state index contributed by atoms with van der Waals surface area (Å²) in [6, 6.07) is 11.3. The smallest absolute Gasteiger partial charge is 0.332 e. The fourth-order valence-electron chi connectivity index (χ4n) is 4.15. The molecule has 2 heterocycles. The molecule has 0 saturated heterocycles. The van der Waals surface area contributed by atoms with Crippen molar-refractivity contribution in [3.8, 4) is 28.6 Å². The quantitative estimate of drug-likeness (QED) is 0.237. The number of H-pyrrole nitrogens is 1. The van der Waals surface area contributed by atoms with E-state index in [1.807, 2.05) is 13.8 Å². The normalized spacial score (nSPS) is 11.1. The van der Waals surface area contributed by atoms with Gasteiger partial charge in [0.15, 0.2) is 12.3 Å². The number of hydrogen-bond acceptors (Lipinski definition) is 7. The standard InChI is InChI=1S/C27H31N5O6/c1-3-13-31-25-23(26(36)32(14-4-2)27(31)37)29-24(30-25)20-10-9-19(15-21(20)34)38-16-22(35)28-12-11-17-5-7-18(33)8-6-17/h5-10,15,33-34H,3-4,11-14,16H2,1-2H3,(H,28,35)(H,29,30). The first kappa shape index (κ1) is 26.5. The lowest BCUT2D eigenvalue weighted by Crippen LogP contribution is -2.40. The number of nitrogens with zero attached hydrogens (tertiary/aromatic N) is 3. The fourth-order valence-corrected chi connectivity index (χ4v) is 4.15. The Labute approximate surface area is 218 Å². The minimum absolute atomic E-state index is 0.160. The highest BCUT2D eigenvalue weighted by Crippen LogP contribution is 2.31. The Morgan fingerprint density at radius 2 is 1.74 bits per heavy atom. The number of carbonyl (C=O) groups is 1. The van der Waals surface area contributed by atoms with Crippen molar-refractivity contribution >= 4 is 17.1 Å². The summed E-state index contributed by atoms with van der Waals surface area (Å²) in [4.78, 5) is 45.4. The lowest BCUT2D eigenvalue weighted by Gasteiger charge is -2.09. The zero-order valence-corrected chi connectivity index (χ0v) is 21.4. The van der Waals surface area contributed by atoms with Crippen LogP contribution in [-0.4, -0.2) is 48.4 Å². The van der Waals surface area contributed by atoms with Gasteiger partial charge in [-0.1, -0.05) is 26.0 Å². The maximum atomic E-state index is 12.9. The van der Waals surface area contributed by atoms with Gasteiger partial charge in [-0.15, -0.1) is 0 Å². The van der Waals surface area contributed by atoms with Gasteiger partial charge in [0.1, 0.15) is 28.6 Å². The number of imidazole rings is 1. The third kappa shape index (κ3) is 5.72. The van der Waals surface area contributed by atoms with E-state index in [-0.39, 0.29) is 46.8 Å². The monoisotopic (exact) mass is 521 g/mol. The number of hydrogen-bond donors (Lipinski definition) is 4. The van der Waals surface area contributed by atoms with E-state index in [4.69, 9.17) is 4.74 Å². The lowest BCUT2D eigenvalue weighted by molar-refractivity contribution is -0.123. The number of fused-ring (bicyclic) bond motifs is 1. The van der Waals surface area contributed by atoms with Gasteiger partial charge in [-0.3, -0.25) is 18.7 Å². The Bertz CT molecular complexity index is 1550. The van der Waals surface area contributed by atoms with E-state index in [0.29, 0.717) is 44.5 Å². The first-order valence-corrected chi connectivity index (χ1v) is 12.6. The Balaban J connectivity index is 1.46. The van der Waals surface area contributed by atoms with Crippen LogP contribution in [-0.2, 0) is 24.3 Å². The highest BCUT2D eigenvalue weighted by molar-refractivity contribution is 5.78. The number of aryl methyl sites for hydroxylation is 1. The molecule has 0 atom stereocenters. The third-order valence-electron chi connectivity index (χ3n) is 6.02. The second-order valence-corrected chi connectivity index (χ2v) is 8.91. The van der Waals surface area contributed by atoms with Crippen LogP contribution >= 0.6 is 0 Å². The van der Waals surface area contributed by atoms with Crippen molar-refractivity contribution in [3.63, 3.8) is 0 Å². The predicted octanol–water partition coefficient (Wildman–Crippen LogP) is 2.52. The minimum Gasteiger partial charge on any atom is -0.508 e. The summed E-state index contributed by atoms with van der Waals surface area (Å²) in [7, 11) is 0. The number of carbonyl (C=O) groups excluding carboxylic acids is 1. The summed E-state index contributed by atoms with van der Waals surface area (Å²) in [6.07, 6.45) is 1.92. The van der Waals surface area contributed by atoms with Crippen LogP contribution < -0.4 is 21.3 Å². The van der Waals surface area contributed by atoms with E-state index < -0.39 is 11.2 Å². The molecular formula is C27H31N5O6. The second kappa shape index (κ2) is 11.7. The minimum atomic E-state index is -0.450.